The molecule has 0 heterocycles. The number of para-hydroxylation sites is 1. The zero-order chi connectivity index (χ0) is 20.9. The van der Waals surface area contributed by atoms with Crippen molar-refractivity contribution in [3.8, 4) is 0 Å². The van der Waals surface area contributed by atoms with Crippen molar-refractivity contribution in [3.05, 3.63) is 30.3 Å². The van der Waals surface area contributed by atoms with Crippen LogP contribution in [-0.4, -0.2) is 5.91 Å². The number of rotatable bonds is 3. The molecule has 4 fully saturated rings. The van der Waals surface area contributed by atoms with E-state index in [0.29, 0.717) is 5.41 Å². The Morgan fingerprint density at radius 2 is 1.80 bits per heavy atom. The fourth-order valence-electron chi connectivity index (χ4n) is 9.16. The van der Waals surface area contributed by atoms with Crippen molar-refractivity contribution in [1.82, 2.24) is 0 Å². The van der Waals surface area contributed by atoms with E-state index < -0.39 is 0 Å². The molecule has 8 atom stereocenters. The van der Waals surface area contributed by atoms with E-state index in [-0.39, 0.29) is 17.2 Å². The first-order chi connectivity index (χ1) is 14.5. The van der Waals surface area contributed by atoms with E-state index in [1.54, 1.807) is 0 Å². The summed E-state index contributed by atoms with van der Waals surface area (Å²) in [5.41, 5.74) is 1.76. The molecule has 1 aromatic rings. The highest BCUT2D eigenvalue weighted by Gasteiger charge is 2.61. The number of hydrogen-bond donors (Lipinski definition) is 1. The molecular weight excluding hydrogens is 366 g/mol. The number of hydrogen-bond acceptors (Lipinski definition) is 1. The molecule has 4 aliphatic carbocycles. The molecule has 164 valence electrons. The average molecular weight is 408 g/mol. The van der Waals surface area contributed by atoms with Gasteiger partial charge in [-0.1, -0.05) is 45.4 Å². The van der Waals surface area contributed by atoms with Crippen LogP contribution in [0.25, 0.3) is 0 Å². The fraction of sp³-hybridized carbons (Fsp3) is 0.750. The number of carbonyl (C=O) groups excluding carboxylic acids is 1. The molecule has 0 aliphatic heterocycles. The monoisotopic (exact) mass is 407 g/mol. The molecule has 4 aliphatic rings. The lowest BCUT2D eigenvalue weighted by molar-refractivity contribution is -0.138. The van der Waals surface area contributed by atoms with Gasteiger partial charge in [0.05, 0.1) is 0 Å². The van der Waals surface area contributed by atoms with Crippen molar-refractivity contribution in [3.63, 3.8) is 0 Å². The predicted molar refractivity (Wildman–Crippen MR) is 124 cm³/mol. The SMILES string of the molecule is CCC12CCC(C)CC1CCC1C3CCC(C(=O)Nc4ccccc4)C3(C)CCC12. The van der Waals surface area contributed by atoms with Crippen LogP contribution >= 0.6 is 0 Å². The van der Waals surface area contributed by atoms with E-state index in [1.807, 2.05) is 30.3 Å². The van der Waals surface area contributed by atoms with Crippen LogP contribution in [0.4, 0.5) is 5.69 Å². The first kappa shape index (κ1) is 20.6. The van der Waals surface area contributed by atoms with Crippen LogP contribution in [0.3, 0.4) is 0 Å². The molecule has 0 radical (unpaired) electrons. The number of nitrogens with one attached hydrogen (secondary N) is 1. The normalized spacial score (nSPS) is 45.2. The van der Waals surface area contributed by atoms with Gasteiger partial charge in [-0.25, -0.2) is 0 Å². The number of carbonyl (C=O) groups is 1. The van der Waals surface area contributed by atoms with Gasteiger partial charge < -0.3 is 5.32 Å². The van der Waals surface area contributed by atoms with Gasteiger partial charge in [0.15, 0.2) is 0 Å². The van der Waals surface area contributed by atoms with Crippen molar-refractivity contribution in [1.29, 1.82) is 0 Å². The molecule has 0 spiro atoms. The van der Waals surface area contributed by atoms with Crippen LogP contribution in [0.5, 0.6) is 0 Å². The summed E-state index contributed by atoms with van der Waals surface area (Å²) in [4.78, 5) is 13.3. The van der Waals surface area contributed by atoms with Crippen LogP contribution in [0.2, 0.25) is 0 Å². The molecule has 0 saturated heterocycles. The van der Waals surface area contributed by atoms with Gasteiger partial charge in [-0.05, 0) is 110 Å². The van der Waals surface area contributed by atoms with Crippen LogP contribution in [0, 0.1) is 46.3 Å². The van der Waals surface area contributed by atoms with Crippen molar-refractivity contribution in [2.45, 2.75) is 85.0 Å². The van der Waals surface area contributed by atoms with Crippen molar-refractivity contribution in [2.75, 3.05) is 5.32 Å². The maximum Gasteiger partial charge on any atom is 0.228 e. The van der Waals surface area contributed by atoms with E-state index in [0.717, 1.165) is 41.7 Å². The van der Waals surface area contributed by atoms with Crippen LogP contribution in [0.15, 0.2) is 30.3 Å². The highest BCUT2D eigenvalue weighted by atomic mass is 16.1. The molecule has 1 amide bonds. The van der Waals surface area contributed by atoms with Gasteiger partial charge in [-0.2, -0.15) is 0 Å². The maximum atomic E-state index is 13.3. The van der Waals surface area contributed by atoms with Crippen LogP contribution in [-0.2, 0) is 4.79 Å². The third-order valence-corrected chi connectivity index (χ3v) is 10.6. The average Bonchev–Trinajstić information content (AvgIpc) is 3.11. The summed E-state index contributed by atoms with van der Waals surface area (Å²) < 4.78 is 0. The molecule has 1 N–H and O–H groups in total. The lowest BCUT2D eigenvalue weighted by atomic mass is 9.43. The molecule has 4 saturated carbocycles. The van der Waals surface area contributed by atoms with Crippen LogP contribution < -0.4 is 5.32 Å². The van der Waals surface area contributed by atoms with Gasteiger partial charge >= 0.3 is 0 Å². The summed E-state index contributed by atoms with van der Waals surface area (Å²) in [7, 11) is 0. The minimum Gasteiger partial charge on any atom is -0.326 e. The zero-order valence-electron chi connectivity index (χ0n) is 19.3. The van der Waals surface area contributed by atoms with Gasteiger partial charge in [0.25, 0.3) is 0 Å². The first-order valence-corrected chi connectivity index (χ1v) is 12.8. The Morgan fingerprint density at radius 3 is 2.57 bits per heavy atom. The smallest absolute Gasteiger partial charge is 0.228 e. The Bertz CT molecular complexity index is 774. The van der Waals surface area contributed by atoms with E-state index in [9.17, 15) is 4.79 Å². The summed E-state index contributed by atoms with van der Waals surface area (Å²) in [6.45, 7) is 7.45. The summed E-state index contributed by atoms with van der Waals surface area (Å²) in [5, 5.41) is 3.24. The standard InChI is InChI=1S/C28H41NO/c1-4-28-17-14-19(2)18-20(28)10-11-22-23-12-13-25(27(23,3)16-15-24(22)28)26(30)29-21-8-6-5-7-9-21/h5-9,19-20,22-25H,4,10-18H2,1-3H3,(H,29,30). The Labute approximate surface area is 183 Å². The van der Waals surface area contributed by atoms with E-state index in [2.05, 4.69) is 26.1 Å². The van der Waals surface area contributed by atoms with Gasteiger partial charge in [0, 0.05) is 11.6 Å². The molecule has 2 nitrogen and oxygen atoms in total. The van der Waals surface area contributed by atoms with E-state index in [1.165, 1.54) is 57.8 Å². The van der Waals surface area contributed by atoms with Gasteiger partial charge in [-0.3, -0.25) is 4.79 Å². The van der Waals surface area contributed by atoms with Gasteiger partial charge in [0.2, 0.25) is 5.91 Å². The molecule has 2 heteroatoms. The third-order valence-electron chi connectivity index (χ3n) is 10.6. The number of anilines is 1. The maximum absolute atomic E-state index is 13.3. The van der Waals surface area contributed by atoms with E-state index >= 15 is 0 Å². The van der Waals surface area contributed by atoms with E-state index in [4.69, 9.17) is 0 Å². The summed E-state index contributed by atoms with van der Waals surface area (Å²) in [5.74, 6) is 4.89. The lowest BCUT2D eigenvalue weighted by Gasteiger charge is -2.62. The van der Waals surface area contributed by atoms with Crippen molar-refractivity contribution >= 4 is 11.6 Å². The quantitative estimate of drug-likeness (QED) is 0.559. The molecule has 5 rings (SSSR count). The Hall–Kier alpha value is -1.31. The molecule has 0 aromatic heterocycles. The minimum absolute atomic E-state index is 0.185. The molecule has 8 unspecified atom stereocenters. The highest BCUT2D eigenvalue weighted by Crippen LogP contribution is 2.68. The highest BCUT2D eigenvalue weighted by molar-refractivity contribution is 5.93. The van der Waals surface area contributed by atoms with Crippen LogP contribution in [0.1, 0.15) is 85.0 Å². The fourth-order valence-corrected chi connectivity index (χ4v) is 9.16. The number of fused-ring (bicyclic) bond motifs is 5. The second-order valence-electron chi connectivity index (χ2n) is 11.6. The van der Waals surface area contributed by atoms with Crippen molar-refractivity contribution in [2.24, 2.45) is 46.3 Å². The Morgan fingerprint density at radius 1 is 1.00 bits per heavy atom. The second-order valence-corrected chi connectivity index (χ2v) is 11.6. The van der Waals surface area contributed by atoms with Gasteiger partial charge in [-0.15, -0.1) is 0 Å². The molecular formula is C28H41NO. The third kappa shape index (κ3) is 3.07. The largest absolute Gasteiger partial charge is 0.326 e. The molecule has 30 heavy (non-hydrogen) atoms. The number of amides is 1. The first-order valence-electron chi connectivity index (χ1n) is 12.8. The van der Waals surface area contributed by atoms with Crippen molar-refractivity contribution < 1.29 is 4.79 Å². The second kappa shape index (κ2) is 7.68. The van der Waals surface area contributed by atoms with Gasteiger partial charge in [0.1, 0.15) is 0 Å². The summed E-state index contributed by atoms with van der Waals surface area (Å²) >= 11 is 0. The minimum atomic E-state index is 0.185. The Kier molecular flexibility index (Phi) is 5.27. The summed E-state index contributed by atoms with van der Waals surface area (Å²) in [6, 6.07) is 10.1. The lowest BCUT2D eigenvalue weighted by Crippen LogP contribution is -2.54. The predicted octanol–water partition coefficient (Wildman–Crippen LogP) is 7.31. The summed E-state index contributed by atoms with van der Waals surface area (Å²) in [6.07, 6.45) is 13.6. The molecule has 0 bridgehead atoms. The number of benzene rings is 1. The zero-order valence-corrected chi connectivity index (χ0v) is 19.3. The topological polar surface area (TPSA) is 29.1 Å². The molecule has 1 aromatic carbocycles. The Balaban J connectivity index is 1.37.